The van der Waals surface area contributed by atoms with E-state index >= 15 is 0 Å². The van der Waals surface area contributed by atoms with Crippen LogP contribution in [0, 0.1) is 0 Å². The largest absolute Gasteiger partial charge is 0.485 e. The van der Waals surface area contributed by atoms with E-state index in [4.69, 9.17) is 4.74 Å². The van der Waals surface area contributed by atoms with Crippen LogP contribution in [0.1, 0.15) is 19.3 Å². The second kappa shape index (κ2) is 6.83. The van der Waals surface area contributed by atoms with Gasteiger partial charge in [0.15, 0.2) is 0 Å². The molecule has 2 N–H and O–H groups in total. The van der Waals surface area contributed by atoms with Gasteiger partial charge in [-0.1, -0.05) is 12.1 Å². The summed E-state index contributed by atoms with van der Waals surface area (Å²) in [5.41, 5.74) is 0.980. The van der Waals surface area contributed by atoms with Crippen LogP contribution >= 0.6 is 0 Å². The molecule has 0 spiro atoms. The summed E-state index contributed by atoms with van der Waals surface area (Å²) < 4.78 is 41.6. The molecule has 1 heterocycles. The minimum atomic E-state index is -4.04. The monoisotopic (exact) mass is 288 g/mol. The third-order valence-corrected chi connectivity index (χ3v) is 3.14. The van der Waals surface area contributed by atoms with Crippen LogP contribution in [0.25, 0.3) is 0 Å². The number of nitrogens with one attached hydrogen (secondary N) is 2. The van der Waals surface area contributed by atoms with Gasteiger partial charge in [-0.15, -0.1) is 0 Å². The molecule has 0 saturated heterocycles. The third kappa shape index (κ3) is 4.92. The highest BCUT2D eigenvalue weighted by atomic mass is 19.4. The van der Waals surface area contributed by atoms with Crippen molar-refractivity contribution in [2.45, 2.75) is 31.5 Å². The van der Waals surface area contributed by atoms with Crippen LogP contribution in [0.15, 0.2) is 24.3 Å². The van der Waals surface area contributed by atoms with Crippen molar-refractivity contribution >= 4 is 5.69 Å². The molecular weight excluding hydrogens is 269 g/mol. The topological polar surface area (TPSA) is 33.3 Å². The summed E-state index contributed by atoms with van der Waals surface area (Å²) in [6.07, 6.45) is -4.05. The van der Waals surface area contributed by atoms with E-state index < -0.39 is 12.6 Å². The van der Waals surface area contributed by atoms with E-state index in [-0.39, 0.29) is 12.5 Å². The standard InChI is InChI=1S/C14H19F3N2O/c15-14(16,17)7-3-4-8-18-9-11-10-19-12-5-1-2-6-13(12)20-11/h1-2,5-6,11,18-19H,3-4,7-10H2. The molecule has 0 saturated carbocycles. The lowest BCUT2D eigenvalue weighted by atomic mass is 10.2. The Morgan fingerprint density at radius 1 is 1.25 bits per heavy atom. The highest BCUT2D eigenvalue weighted by Crippen LogP contribution is 2.27. The molecule has 112 valence electrons. The number of anilines is 1. The molecule has 1 aliphatic rings. The average molecular weight is 288 g/mol. The quantitative estimate of drug-likeness (QED) is 0.789. The summed E-state index contributed by atoms with van der Waals surface area (Å²) in [6, 6.07) is 7.70. The van der Waals surface area contributed by atoms with Crippen LogP contribution in [-0.2, 0) is 0 Å². The first-order valence-corrected chi connectivity index (χ1v) is 6.81. The first-order chi connectivity index (χ1) is 9.54. The molecule has 1 aromatic carbocycles. The van der Waals surface area contributed by atoms with Crippen LogP contribution in [0.5, 0.6) is 5.75 Å². The normalized spacial score (nSPS) is 18.1. The Kier molecular flexibility index (Phi) is 5.11. The molecule has 1 aliphatic heterocycles. The second-order valence-corrected chi connectivity index (χ2v) is 4.89. The minimum absolute atomic E-state index is 0.00696. The molecule has 1 unspecified atom stereocenters. The zero-order valence-electron chi connectivity index (χ0n) is 11.2. The van der Waals surface area contributed by atoms with Gasteiger partial charge in [0.25, 0.3) is 0 Å². The second-order valence-electron chi connectivity index (χ2n) is 4.89. The van der Waals surface area contributed by atoms with Crippen molar-refractivity contribution in [2.24, 2.45) is 0 Å². The number of alkyl halides is 3. The fourth-order valence-electron chi connectivity index (χ4n) is 2.11. The van der Waals surface area contributed by atoms with Gasteiger partial charge in [-0.05, 0) is 31.5 Å². The molecule has 2 rings (SSSR count). The summed E-state index contributed by atoms with van der Waals surface area (Å²) in [7, 11) is 0. The van der Waals surface area contributed by atoms with E-state index in [0.29, 0.717) is 26.1 Å². The number of benzene rings is 1. The Morgan fingerprint density at radius 2 is 2.05 bits per heavy atom. The van der Waals surface area contributed by atoms with Gasteiger partial charge in [-0.25, -0.2) is 0 Å². The molecular formula is C14H19F3N2O. The summed E-state index contributed by atoms with van der Waals surface area (Å²) in [4.78, 5) is 0. The van der Waals surface area contributed by atoms with E-state index in [1.165, 1.54) is 0 Å². The predicted molar refractivity (Wildman–Crippen MR) is 72.1 cm³/mol. The average Bonchev–Trinajstić information content (AvgIpc) is 2.41. The highest BCUT2D eigenvalue weighted by Gasteiger charge is 2.25. The number of unbranched alkanes of at least 4 members (excludes halogenated alkanes) is 1. The van der Waals surface area contributed by atoms with Crippen LogP contribution in [0.2, 0.25) is 0 Å². The zero-order chi connectivity index (χ0) is 14.4. The maximum atomic E-state index is 11.9. The maximum Gasteiger partial charge on any atom is 0.389 e. The number of para-hydroxylation sites is 2. The van der Waals surface area contributed by atoms with Crippen LogP contribution < -0.4 is 15.4 Å². The van der Waals surface area contributed by atoms with Gasteiger partial charge in [-0.3, -0.25) is 0 Å². The van der Waals surface area contributed by atoms with Crippen molar-refractivity contribution in [3.63, 3.8) is 0 Å². The van der Waals surface area contributed by atoms with E-state index in [0.717, 1.165) is 11.4 Å². The Balaban J connectivity index is 1.60. The lowest BCUT2D eigenvalue weighted by molar-refractivity contribution is -0.135. The van der Waals surface area contributed by atoms with Crippen molar-refractivity contribution in [1.82, 2.24) is 5.32 Å². The van der Waals surface area contributed by atoms with Crippen molar-refractivity contribution in [1.29, 1.82) is 0 Å². The molecule has 1 aromatic rings. The van der Waals surface area contributed by atoms with Gasteiger partial charge < -0.3 is 15.4 Å². The van der Waals surface area contributed by atoms with Gasteiger partial charge >= 0.3 is 6.18 Å². The predicted octanol–water partition coefficient (Wildman–Crippen LogP) is 3.18. The highest BCUT2D eigenvalue weighted by molar-refractivity contribution is 5.57. The Labute approximate surface area is 116 Å². The van der Waals surface area contributed by atoms with Crippen LogP contribution in [-0.4, -0.2) is 31.9 Å². The molecule has 0 amide bonds. The van der Waals surface area contributed by atoms with Crippen molar-refractivity contribution in [3.8, 4) is 5.75 Å². The molecule has 20 heavy (non-hydrogen) atoms. The zero-order valence-corrected chi connectivity index (χ0v) is 11.2. The number of hydrogen-bond acceptors (Lipinski definition) is 3. The molecule has 6 heteroatoms. The van der Waals surface area contributed by atoms with Gasteiger partial charge in [0.2, 0.25) is 0 Å². The summed E-state index contributed by atoms with van der Waals surface area (Å²) in [5, 5.41) is 6.41. The summed E-state index contributed by atoms with van der Waals surface area (Å²) in [5.74, 6) is 0.822. The lowest BCUT2D eigenvalue weighted by Gasteiger charge is -2.27. The first-order valence-electron chi connectivity index (χ1n) is 6.81. The van der Waals surface area contributed by atoms with Gasteiger partial charge in [-0.2, -0.15) is 13.2 Å². The molecule has 3 nitrogen and oxygen atoms in total. The van der Waals surface area contributed by atoms with E-state index in [9.17, 15) is 13.2 Å². The van der Waals surface area contributed by atoms with E-state index in [1.807, 2.05) is 24.3 Å². The molecule has 0 bridgehead atoms. The van der Waals surface area contributed by atoms with Gasteiger partial charge in [0.1, 0.15) is 11.9 Å². The number of ether oxygens (including phenoxy) is 1. The van der Waals surface area contributed by atoms with Crippen LogP contribution in [0.4, 0.5) is 18.9 Å². The minimum Gasteiger partial charge on any atom is -0.485 e. The molecule has 0 aromatic heterocycles. The number of hydrogen-bond donors (Lipinski definition) is 2. The fourth-order valence-corrected chi connectivity index (χ4v) is 2.11. The molecule has 0 fully saturated rings. The Bertz CT molecular complexity index is 423. The summed E-state index contributed by atoms with van der Waals surface area (Å²) >= 11 is 0. The number of fused-ring (bicyclic) bond motifs is 1. The molecule has 1 atom stereocenters. The van der Waals surface area contributed by atoms with E-state index in [1.54, 1.807) is 0 Å². The van der Waals surface area contributed by atoms with Gasteiger partial charge in [0.05, 0.1) is 12.2 Å². The number of halogens is 3. The first kappa shape index (κ1) is 15.0. The van der Waals surface area contributed by atoms with Gasteiger partial charge in [0, 0.05) is 13.0 Å². The Hall–Kier alpha value is -1.43. The summed E-state index contributed by atoms with van der Waals surface area (Å²) in [6.45, 7) is 1.91. The third-order valence-electron chi connectivity index (χ3n) is 3.14. The van der Waals surface area contributed by atoms with Crippen molar-refractivity contribution in [3.05, 3.63) is 24.3 Å². The molecule has 0 aliphatic carbocycles. The van der Waals surface area contributed by atoms with Crippen LogP contribution in [0.3, 0.4) is 0 Å². The Morgan fingerprint density at radius 3 is 2.85 bits per heavy atom. The van der Waals surface area contributed by atoms with E-state index in [2.05, 4.69) is 10.6 Å². The number of rotatable bonds is 6. The van der Waals surface area contributed by atoms with Crippen molar-refractivity contribution in [2.75, 3.05) is 25.0 Å². The van der Waals surface area contributed by atoms with Crippen molar-refractivity contribution < 1.29 is 17.9 Å². The SMILES string of the molecule is FC(F)(F)CCCCNCC1CNc2ccccc2O1. The fraction of sp³-hybridized carbons (Fsp3) is 0.571. The lowest BCUT2D eigenvalue weighted by Crippen LogP contribution is -2.39. The smallest absolute Gasteiger partial charge is 0.389 e. The molecule has 0 radical (unpaired) electrons. The maximum absolute atomic E-state index is 11.9.